The number of nitrogens with one attached hydrogen (secondary N) is 5. The predicted octanol–water partition coefficient (Wildman–Crippen LogP) is 0.784. The number of rotatable bonds is 18. The molecule has 11 N–H and O–H groups in total. The second-order valence-corrected chi connectivity index (χ2v) is 13.2. The van der Waals surface area contributed by atoms with Gasteiger partial charge in [0.25, 0.3) is 0 Å². The number of carbonyl (C=O) groups excluding carboxylic acids is 5. The summed E-state index contributed by atoms with van der Waals surface area (Å²) in [7, 11) is 0. The molecule has 0 saturated heterocycles. The molecule has 0 spiro atoms. The van der Waals surface area contributed by atoms with E-state index in [1.165, 1.54) is 12.1 Å². The fourth-order valence-corrected chi connectivity index (χ4v) is 5.77. The molecular formula is C38H45N7O8. The molecule has 1 heterocycles. The Bertz CT molecular complexity index is 1910. The molecule has 0 radical (unpaired) electrons. The van der Waals surface area contributed by atoms with Crippen LogP contribution in [0.15, 0.2) is 85.1 Å². The topological polar surface area (TPSA) is 259 Å². The largest absolute Gasteiger partial charge is 0.508 e. The van der Waals surface area contributed by atoms with E-state index in [4.69, 9.17) is 11.5 Å². The maximum atomic E-state index is 14.2. The zero-order chi connectivity index (χ0) is 38.7. The number of hydrogen-bond donors (Lipinski definition) is 9. The minimum atomic E-state index is -1.50. The first-order valence-corrected chi connectivity index (χ1v) is 17.1. The van der Waals surface area contributed by atoms with E-state index >= 15 is 0 Å². The third kappa shape index (κ3) is 11.4. The van der Waals surface area contributed by atoms with Crippen molar-refractivity contribution in [3.05, 3.63) is 102 Å². The van der Waals surface area contributed by atoms with Crippen LogP contribution in [-0.2, 0) is 48.0 Å². The Morgan fingerprint density at radius 2 is 1.23 bits per heavy atom. The van der Waals surface area contributed by atoms with Crippen LogP contribution >= 0.6 is 0 Å². The maximum absolute atomic E-state index is 14.2. The van der Waals surface area contributed by atoms with E-state index < -0.39 is 78.1 Å². The van der Waals surface area contributed by atoms with Crippen molar-refractivity contribution in [3.63, 3.8) is 0 Å². The monoisotopic (exact) mass is 727 g/mol. The lowest BCUT2D eigenvalue weighted by atomic mass is 10.00. The Morgan fingerprint density at radius 1 is 0.679 bits per heavy atom. The van der Waals surface area contributed by atoms with Crippen molar-refractivity contribution in [1.82, 2.24) is 26.3 Å². The number of H-pyrrole nitrogens is 1. The number of aromatic nitrogens is 1. The van der Waals surface area contributed by atoms with Crippen molar-refractivity contribution < 1.29 is 39.0 Å². The molecule has 5 atom stereocenters. The van der Waals surface area contributed by atoms with Gasteiger partial charge in [0.05, 0.1) is 12.5 Å². The highest BCUT2D eigenvalue weighted by Crippen LogP contribution is 2.20. The summed E-state index contributed by atoms with van der Waals surface area (Å²) in [5.74, 6) is -5.92. The van der Waals surface area contributed by atoms with Crippen LogP contribution in [0.25, 0.3) is 10.9 Å². The van der Waals surface area contributed by atoms with Crippen molar-refractivity contribution in [2.45, 2.75) is 69.7 Å². The second kappa shape index (κ2) is 18.3. The molecule has 53 heavy (non-hydrogen) atoms. The first kappa shape index (κ1) is 39.6. The number of carboxylic acids is 1. The summed E-state index contributed by atoms with van der Waals surface area (Å²) in [4.78, 5) is 81.8. The lowest BCUT2D eigenvalue weighted by molar-refractivity contribution is -0.143. The van der Waals surface area contributed by atoms with E-state index in [1.807, 2.05) is 24.3 Å². The van der Waals surface area contributed by atoms with Gasteiger partial charge in [-0.25, -0.2) is 4.79 Å². The van der Waals surface area contributed by atoms with E-state index in [0.29, 0.717) is 11.1 Å². The van der Waals surface area contributed by atoms with E-state index in [1.54, 1.807) is 62.5 Å². The van der Waals surface area contributed by atoms with Gasteiger partial charge in [-0.1, -0.05) is 74.5 Å². The van der Waals surface area contributed by atoms with Crippen molar-refractivity contribution in [3.8, 4) is 5.75 Å². The fraction of sp³-hybridized carbons (Fsp3) is 0.316. The second-order valence-electron chi connectivity index (χ2n) is 13.2. The zero-order valence-electron chi connectivity index (χ0n) is 29.4. The van der Waals surface area contributed by atoms with Crippen LogP contribution in [0, 0.1) is 5.92 Å². The van der Waals surface area contributed by atoms with Crippen LogP contribution in [0.3, 0.4) is 0 Å². The summed E-state index contributed by atoms with van der Waals surface area (Å²) in [6.45, 7) is 3.24. The first-order chi connectivity index (χ1) is 25.2. The summed E-state index contributed by atoms with van der Waals surface area (Å²) in [5.41, 5.74) is 14.3. The molecule has 5 amide bonds. The zero-order valence-corrected chi connectivity index (χ0v) is 29.4. The number of benzene rings is 3. The van der Waals surface area contributed by atoms with Gasteiger partial charge < -0.3 is 47.9 Å². The molecule has 4 rings (SSSR count). The highest BCUT2D eigenvalue weighted by Gasteiger charge is 2.33. The minimum absolute atomic E-state index is 0.0235. The Hall–Kier alpha value is -6.22. The number of aliphatic carboxylic acids is 1. The highest BCUT2D eigenvalue weighted by atomic mass is 16.4. The molecular weight excluding hydrogens is 682 g/mol. The lowest BCUT2D eigenvalue weighted by Crippen LogP contribution is -2.60. The lowest BCUT2D eigenvalue weighted by Gasteiger charge is -2.27. The third-order valence-corrected chi connectivity index (χ3v) is 8.65. The number of aromatic hydroxyl groups is 1. The maximum Gasteiger partial charge on any atom is 0.326 e. The Balaban J connectivity index is 1.62. The van der Waals surface area contributed by atoms with Crippen molar-refractivity contribution in [2.24, 2.45) is 17.4 Å². The van der Waals surface area contributed by atoms with Gasteiger partial charge in [0.1, 0.15) is 29.9 Å². The third-order valence-electron chi connectivity index (χ3n) is 8.65. The minimum Gasteiger partial charge on any atom is -0.508 e. The van der Waals surface area contributed by atoms with Gasteiger partial charge in [-0.3, -0.25) is 24.0 Å². The average Bonchev–Trinajstić information content (AvgIpc) is 3.52. The quantitative estimate of drug-likeness (QED) is 0.0701. The first-order valence-electron chi connectivity index (χ1n) is 17.1. The number of primary amides is 1. The molecule has 0 saturated carbocycles. The predicted molar refractivity (Wildman–Crippen MR) is 196 cm³/mol. The normalized spacial score (nSPS) is 14.0. The van der Waals surface area contributed by atoms with Gasteiger partial charge in [-0.2, -0.15) is 0 Å². The molecule has 280 valence electrons. The Kier molecular flexibility index (Phi) is 13.7. The van der Waals surface area contributed by atoms with E-state index in [2.05, 4.69) is 26.3 Å². The molecule has 3 aromatic carbocycles. The number of nitrogens with two attached hydrogens (primary N) is 2. The SMILES string of the molecule is CC(C)[C@H](NC(=O)[C@H](Cc1ccc(O)cc1)NC(=O)[C@H](Cc1c[nH]c2ccccc12)NC(=O)[C@H](CC(N)=O)NC(=O)[C@@H](N)Cc1ccccc1)C(=O)O. The van der Waals surface area contributed by atoms with Crippen molar-refractivity contribution in [1.29, 1.82) is 0 Å². The van der Waals surface area contributed by atoms with Gasteiger partial charge in [0.2, 0.25) is 29.5 Å². The van der Waals surface area contributed by atoms with Crippen molar-refractivity contribution in [2.75, 3.05) is 0 Å². The van der Waals surface area contributed by atoms with E-state index in [-0.39, 0.29) is 25.0 Å². The number of phenolic OH excluding ortho intramolecular Hbond substituents is 1. The van der Waals surface area contributed by atoms with Crippen LogP contribution < -0.4 is 32.7 Å². The smallest absolute Gasteiger partial charge is 0.326 e. The molecule has 0 aliphatic heterocycles. The average molecular weight is 728 g/mol. The highest BCUT2D eigenvalue weighted by molar-refractivity contribution is 5.97. The van der Waals surface area contributed by atoms with Crippen LogP contribution in [0.5, 0.6) is 5.75 Å². The Morgan fingerprint density at radius 3 is 1.85 bits per heavy atom. The summed E-state index contributed by atoms with van der Waals surface area (Å²) in [5, 5.41) is 30.5. The van der Waals surface area contributed by atoms with E-state index in [0.717, 1.165) is 16.5 Å². The van der Waals surface area contributed by atoms with Gasteiger partial charge in [-0.05, 0) is 47.2 Å². The molecule has 0 aliphatic carbocycles. The van der Waals surface area contributed by atoms with Gasteiger partial charge in [0, 0.05) is 29.9 Å². The van der Waals surface area contributed by atoms with Gasteiger partial charge in [-0.15, -0.1) is 0 Å². The summed E-state index contributed by atoms with van der Waals surface area (Å²) < 4.78 is 0. The molecule has 0 bridgehead atoms. The van der Waals surface area contributed by atoms with Crippen LogP contribution in [-0.4, -0.2) is 80.9 Å². The summed E-state index contributed by atoms with van der Waals surface area (Å²) in [6.07, 6.45) is 1.02. The molecule has 4 aromatic rings. The van der Waals surface area contributed by atoms with Crippen LogP contribution in [0.4, 0.5) is 0 Å². The standard InChI is InChI=1S/C38H45N7O8/c1-21(2)33(38(52)53)45-37(51)29(17-23-12-14-25(46)15-13-23)43-35(49)30(18-24-20-41-28-11-7-6-10-26(24)28)44-36(50)31(19-32(40)47)42-34(48)27(39)16-22-8-4-3-5-9-22/h3-15,20-21,27,29-31,33,41,46H,16-19,39H2,1-2H3,(H2,40,47)(H,42,48)(H,43,49)(H,44,50)(H,45,51)(H,52,53)/t27-,29-,30-,31-,33-/m0/s1. The molecule has 0 unspecified atom stereocenters. The molecule has 1 aromatic heterocycles. The fourth-order valence-electron chi connectivity index (χ4n) is 5.77. The van der Waals surface area contributed by atoms with Gasteiger partial charge in [0.15, 0.2) is 0 Å². The number of para-hydroxylation sites is 1. The number of fused-ring (bicyclic) bond motifs is 1. The Labute approximate surface area is 305 Å². The molecule has 0 aliphatic rings. The van der Waals surface area contributed by atoms with Crippen LogP contribution in [0.2, 0.25) is 0 Å². The van der Waals surface area contributed by atoms with Gasteiger partial charge >= 0.3 is 5.97 Å². The number of hydrogen-bond acceptors (Lipinski definition) is 8. The molecule has 0 fully saturated rings. The number of amides is 5. The van der Waals surface area contributed by atoms with Crippen LogP contribution in [0.1, 0.15) is 37.0 Å². The number of carbonyl (C=O) groups is 6. The molecule has 15 nitrogen and oxygen atoms in total. The summed E-state index contributed by atoms with van der Waals surface area (Å²) in [6, 6.07) is 15.6. The molecule has 15 heteroatoms. The van der Waals surface area contributed by atoms with E-state index in [9.17, 15) is 39.0 Å². The summed E-state index contributed by atoms with van der Waals surface area (Å²) >= 11 is 0. The van der Waals surface area contributed by atoms with Crippen molar-refractivity contribution >= 4 is 46.4 Å². The number of carboxylic acid groups (broad SMARTS) is 1. The number of phenols is 1. The number of aromatic amines is 1.